The third-order valence-electron chi connectivity index (χ3n) is 8.23. The van der Waals surface area contributed by atoms with E-state index < -0.39 is 5.60 Å². The first kappa shape index (κ1) is 22.8. The van der Waals surface area contributed by atoms with Crippen molar-refractivity contribution in [3.8, 4) is 0 Å². The molecule has 2 heterocycles. The highest BCUT2D eigenvalue weighted by Crippen LogP contribution is 2.47. The molecule has 1 aliphatic carbocycles. The molecule has 1 spiro atoms. The zero-order chi connectivity index (χ0) is 21.7. The number of nitrogens with zero attached hydrogens (tertiary/aromatic N) is 3. The van der Waals surface area contributed by atoms with E-state index in [1.165, 1.54) is 5.56 Å². The Morgan fingerprint density at radius 3 is 2.19 bits per heavy atom. The van der Waals surface area contributed by atoms with Crippen molar-refractivity contribution in [1.29, 1.82) is 0 Å². The summed E-state index contributed by atoms with van der Waals surface area (Å²) in [4.78, 5) is 19.6. The Kier molecular flexibility index (Phi) is 7.35. The van der Waals surface area contributed by atoms with Crippen molar-refractivity contribution in [1.82, 2.24) is 14.7 Å². The maximum Gasteiger partial charge on any atom is 0.222 e. The van der Waals surface area contributed by atoms with Crippen molar-refractivity contribution in [2.75, 3.05) is 52.9 Å². The second kappa shape index (κ2) is 10.0. The lowest BCUT2D eigenvalue weighted by molar-refractivity contribution is -0.135. The van der Waals surface area contributed by atoms with E-state index in [1.54, 1.807) is 0 Å². The number of aryl methyl sites for hydroxylation is 1. The second-order valence-electron chi connectivity index (χ2n) is 10.5. The number of likely N-dealkylation sites (tertiary alicyclic amines) is 1. The number of likely N-dealkylation sites (N-methyl/N-ethyl adjacent to an activating group) is 1. The summed E-state index contributed by atoms with van der Waals surface area (Å²) in [5, 5.41) is 11.2. The van der Waals surface area contributed by atoms with Crippen molar-refractivity contribution >= 4 is 5.91 Å². The largest absolute Gasteiger partial charge is 0.389 e. The molecule has 1 amide bonds. The molecule has 172 valence electrons. The third kappa shape index (κ3) is 6.09. The maximum absolute atomic E-state index is 12.7. The number of carbonyl (C=O) groups excluding carboxylic acids is 1. The van der Waals surface area contributed by atoms with Gasteiger partial charge in [-0.2, -0.15) is 0 Å². The molecule has 0 aromatic heterocycles. The highest BCUT2D eigenvalue weighted by Gasteiger charge is 2.44. The van der Waals surface area contributed by atoms with Crippen LogP contribution in [-0.2, 0) is 11.2 Å². The van der Waals surface area contributed by atoms with Gasteiger partial charge in [-0.3, -0.25) is 9.69 Å². The molecule has 0 radical (unpaired) electrons. The van der Waals surface area contributed by atoms with Gasteiger partial charge in [-0.05, 0) is 69.4 Å². The molecule has 1 N–H and O–H groups in total. The average Bonchev–Trinajstić information content (AvgIpc) is 2.79. The predicted octanol–water partition coefficient (Wildman–Crippen LogP) is 3.17. The van der Waals surface area contributed by atoms with E-state index in [2.05, 4.69) is 46.0 Å². The Balaban J connectivity index is 1.18. The number of hydrogen-bond acceptors (Lipinski definition) is 4. The molecule has 0 atom stereocenters. The minimum absolute atomic E-state index is 0.327. The molecule has 5 nitrogen and oxygen atoms in total. The van der Waals surface area contributed by atoms with Crippen LogP contribution >= 0.6 is 0 Å². The first-order valence-corrected chi connectivity index (χ1v) is 12.4. The lowest BCUT2D eigenvalue weighted by Crippen LogP contribution is -2.54. The lowest BCUT2D eigenvalue weighted by Gasteiger charge is -2.49. The van der Waals surface area contributed by atoms with Gasteiger partial charge in [-0.15, -0.1) is 0 Å². The Hall–Kier alpha value is -1.43. The number of benzene rings is 1. The van der Waals surface area contributed by atoms with Crippen LogP contribution in [-0.4, -0.2) is 84.2 Å². The lowest BCUT2D eigenvalue weighted by atomic mass is 9.64. The molecule has 0 bridgehead atoms. The molecular weight excluding hydrogens is 386 g/mol. The highest BCUT2D eigenvalue weighted by molar-refractivity contribution is 5.76. The zero-order valence-electron chi connectivity index (χ0n) is 19.4. The van der Waals surface area contributed by atoms with Crippen LogP contribution in [0, 0.1) is 5.41 Å². The summed E-state index contributed by atoms with van der Waals surface area (Å²) in [6, 6.07) is 10.5. The van der Waals surface area contributed by atoms with Gasteiger partial charge < -0.3 is 14.9 Å². The maximum atomic E-state index is 12.7. The molecule has 2 aliphatic heterocycles. The van der Waals surface area contributed by atoms with Crippen molar-refractivity contribution < 1.29 is 9.90 Å². The summed E-state index contributed by atoms with van der Waals surface area (Å²) >= 11 is 0. The van der Waals surface area contributed by atoms with E-state index >= 15 is 0 Å². The highest BCUT2D eigenvalue weighted by atomic mass is 16.3. The van der Waals surface area contributed by atoms with Crippen LogP contribution in [0.1, 0.15) is 56.9 Å². The Morgan fingerprint density at radius 1 is 0.903 bits per heavy atom. The fourth-order valence-corrected chi connectivity index (χ4v) is 5.80. The number of rotatable bonds is 6. The number of carbonyl (C=O) groups is 1. The number of hydrogen-bond donors (Lipinski definition) is 1. The van der Waals surface area contributed by atoms with Crippen LogP contribution < -0.4 is 0 Å². The minimum Gasteiger partial charge on any atom is -0.389 e. The Morgan fingerprint density at radius 2 is 1.55 bits per heavy atom. The first-order valence-electron chi connectivity index (χ1n) is 12.4. The van der Waals surface area contributed by atoms with E-state index in [0.29, 0.717) is 17.7 Å². The number of piperidine rings is 1. The summed E-state index contributed by atoms with van der Waals surface area (Å²) in [5.74, 6) is 0.327. The van der Waals surface area contributed by atoms with E-state index in [4.69, 9.17) is 0 Å². The van der Waals surface area contributed by atoms with Gasteiger partial charge in [0.15, 0.2) is 0 Å². The minimum atomic E-state index is -0.508. The number of aliphatic hydroxyl groups is 1. The van der Waals surface area contributed by atoms with Crippen molar-refractivity contribution in [3.63, 3.8) is 0 Å². The normalized spacial score (nSPS) is 24.4. The van der Waals surface area contributed by atoms with Crippen LogP contribution in [0.5, 0.6) is 0 Å². The second-order valence-corrected chi connectivity index (χ2v) is 10.5. The quantitative estimate of drug-likeness (QED) is 0.758. The van der Waals surface area contributed by atoms with Crippen LogP contribution in [0.3, 0.4) is 0 Å². The summed E-state index contributed by atoms with van der Waals surface area (Å²) in [6.45, 7) is 7.01. The van der Waals surface area contributed by atoms with E-state index in [0.717, 1.165) is 97.2 Å². The fourth-order valence-electron chi connectivity index (χ4n) is 5.80. The van der Waals surface area contributed by atoms with Gasteiger partial charge >= 0.3 is 0 Å². The van der Waals surface area contributed by atoms with E-state index in [1.807, 2.05) is 6.07 Å². The van der Waals surface area contributed by atoms with Crippen LogP contribution in [0.15, 0.2) is 30.3 Å². The van der Waals surface area contributed by atoms with Crippen LogP contribution in [0.2, 0.25) is 0 Å². The van der Waals surface area contributed by atoms with Gasteiger partial charge in [0.1, 0.15) is 0 Å². The molecule has 1 aromatic carbocycles. The number of piperazine rings is 1. The van der Waals surface area contributed by atoms with Crippen molar-refractivity contribution in [2.24, 2.45) is 5.41 Å². The molecule has 1 saturated carbocycles. The van der Waals surface area contributed by atoms with Crippen LogP contribution in [0.25, 0.3) is 0 Å². The van der Waals surface area contributed by atoms with Crippen molar-refractivity contribution in [2.45, 2.75) is 63.4 Å². The fraction of sp³-hybridized carbons (Fsp3) is 0.731. The monoisotopic (exact) mass is 427 g/mol. The third-order valence-corrected chi connectivity index (χ3v) is 8.23. The van der Waals surface area contributed by atoms with Gasteiger partial charge in [0.05, 0.1) is 5.60 Å². The standard InChI is InChI=1S/C26H41N3O2/c1-27-18-20-28(21-19-27)22-26(31)12-10-25(11-13-26)14-16-29(17-15-25)24(30)9-5-8-23-6-3-2-4-7-23/h2-4,6-7,31H,5,8-22H2,1H3. The topological polar surface area (TPSA) is 47.0 Å². The van der Waals surface area contributed by atoms with E-state index in [9.17, 15) is 9.90 Å². The van der Waals surface area contributed by atoms with Crippen LogP contribution in [0.4, 0.5) is 0 Å². The average molecular weight is 428 g/mol. The summed E-state index contributed by atoms with van der Waals surface area (Å²) in [7, 11) is 2.18. The molecule has 5 heteroatoms. The van der Waals surface area contributed by atoms with Gasteiger partial charge in [-0.1, -0.05) is 30.3 Å². The summed E-state index contributed by atoms with van der Waals surface area (Å²) in [6.07, 6.45) is 8.88. The molecule has 0 unspecified atom stereocenters. The number of β-amino-alcohol motifs (C(OH)–C–C–N with tert-alkyl or cyclic N) is 1. The van der Waals surface area contributed by atoms with Gasteiger partial charge in [0.25, 0.3) is 0 Å². The SMILES string of the molecule is CN1CCN(CC2(O)CCC3(CCN(C(=O)CCCc4ccccc4)CC3)CC2)CC1. The van der Waals surface area contributed by atoms with Crippen molar-refractivity contribution in [3.05, 3.63) is 35.9 Å². The molecule has 3 aliphatic rings. The first-order chi connectivity index (χ1) is 15.0. The van der Waals surface area contributed by atoms with Gasteiger partial charge in [-0.25, -0.2) is 0 Å². The van der Waals surface area contributed by atoms with Gasteiger partial charge in [0, 0.05) is 52.2 Å². The number of amides is 1. The molecular formula is C26H41N3O2. The Labute approximate surface area is 188 Å². The molecule has 3 fully saturated rings. The molecule has 31 heavy (non-hydrogen) atoms. The molecule has 2 saturated heterocycles. The summed E-state index contributed by atoms with van der Waals surface area (Å²) in [5.41, 5.74) is 1.17. The Bertz CT molecular complexity index is 697. The van der Waals surface area contributed by atoms with Gasteiger partial charge in [0.2, 0.25) is 5.91 Å². The molecule has 4 rings (SSSR count). The predicted molar refractivity (Wildman–Crippen MR) is 125 cm³/mol. The smallest absolute Gasteiger partial charge is 0.222 e. The summed E-state index contributed by atoms with van der Waals surface area (Å²) < 4.78 is 0. The molecule has 1 aromatic rings. The van der Waals surface area contributed by atoms with E-state index in [-0.39, 0.29) is 0 Å². The zero-order valence-corrected chi connectivity index (χ0v) is 19.4.